The van der Waals surface area contributed by atoms with E-state index in [2.05, 4.69) is 41.4 Å². The van der Waals surface area contributed by atoms with Gasteiger partial charge in [0.2, 0.25) is 0 Å². The van der Waals surface area contributed by atoms with E-state index in [4.69, 9.17) is 0 Å². The molecule has 0 spiro atoms. The SMILES string of the molecule is CC(C)(C)c1nnc2ccc(NCCc3ccc(F)cc3)nn12. The van der Waals surface area contributed by atoms with E-state index in [0.29, 0.717) is 0 Å². The third kappa shape index (κ3) is 3.47. The molecule has 0 fully saturated rings. The van der Waals surface area contributed by atoms with Crippen molar-refractivity contribution in [3.8, 4) is 0 Å². The average Bonchev–Trinajstić information content (AvgIpc) is 2.92. The van der Waals surface area contributed by atoms with Gasteiger partial charge in [-0.15, -0.1) is 15.3 Å². The zero-order chi connectivity index (χ0) is 16.4. The van der Waals surface area contributed by atoms with Gasteiger partial charge in [-0.25, -0.2) is 4.39 Å². The molecule has 0 saturated heterocycles. The lowest BCUT2D eigenvalue weighted by atomic mass is 9.96. The van der Waals surface area contributed by atoms with Crippen LogP contribution in [0.5, 0.6) is 0 Å². The highest BCUT2D eigenvalue weighted by Gasteiger charge is 2.21. The lowest BCUT2D eigenvalue weighted by Crippen LogP contribution is -2.18. The first-order valence-corrected chi connectivity index (χ1v) is 7.65. The van der Waals surface area contributed by atoms with Crippen LogP contribution in [0.3, 0.4) is 0 Å². The van der Waals surface area contributed by atoms with Crippen molar-refractivity contribution in [1.29, 1.82) is 0 Å². The molecule has 120 valence electrons. The molecule has 0 aliphatic rings. The van der Waals surface area contributed by atoms with Gasteiger partial charge < -0.3 is 5.32 Å². The van der Waals surface area contributed by atoms with Crippen molar-refractivity contribution in [2.45, 2.75) is 32.6 Å². The molecule has 0 saturated carbocycles. The van der Waals surface area contributed by atoms with Crippen molar-refractivity contribution in [2.75, 3.05) is 11.9 Å². The summed E-state index contributed by atoms with van der Waals surface area (Å²) in [5, 5.41) is 16.2. The summed E-state index contributed by atoms with van der Waals surface area (Å²) in [6.45, 7) is 6.97. The fraction of sp³-hybridized carbons (Fsp3) is 0.353. The van der Waals surface area contributed by atoms with E-state index in [-0.39, 0.29) is 11.2 Å². The first kappa shape index (κ1) is 15.4. The van der Waals surface area contributed by atoms with Gasteiger partial charge in [-0.3, -0.25) is 0 Å². The number of fused-ring (bicyclic) bond motifs is 1. The molecule has 0 unspecified atom stereocenters. The summed E-state index contributed by atoms with van der Waals surface area (Å²) in [6.07, 6.45) is 0.800. The highest BCUT2D eigenvalue weighted by Crippen LogP contribution is 2.20. The number of hydrogen-bond donors (Lipinski definition) is 1. The molecule has 0 radical (unpaired) electrons. The highest BCUT2D eigenvalue weighted by molar-refractivity contribution is 5.44. The molecule has 23 heavy (non-hydrogen) atoms. The minimum atomic E-state index is -0.212. The zero-order valence-electron chi connectivity index (χ0n) is 13.5. The Morgan fingerprint density at radius 3 is 2.48 bits per heavy atom. The maximum absolute atomic E-state index is 12.9. The molecule has 0 amide bonds. The highest BCUT2D eigenvalue weighted by atomic mass is 19.1. The Kier molecular flexibility index (Phi) is 3.98. The van der Waals surface area contributed by atoms with Crippen molar-refractivity contribution >= 4 is 11.5 Å². The van der Waals surface area contributed by atoms with Gasteiger partial charge in [0, 0.05) is 12.0 Å². The molecule has 2 heterocycles. The maximum atomic E-state index is 12.9. The van der Waals surface area contributed by atoms with Crippen LogP contribution in [-0.2, 0) is 11.8 Å². The fourth-order valence-electron chi connectivity index (χ4n) is 2.34. The molecule has 2 aromatic heterocycles. The quantitative estimate of drug-likeness (QED) is 0.803. The van der Waals surface area contributed by atoms with Crippen molar-refractivity contribution in [2.24, 2.45) is 0 Å². The minimum Gasteiger partial charge on any atom is -0.368 e. The molecule has 6 heteroatoms. The summed E-state index contributed by atoms with van der Waals surface area (Å²) in [5.41, 5.74) is 1.69. The normalized spacial score (nSPS) is 11.8. The van der Waals surface area contributed by atoms with Gasteiger partial charge in [0.25, 0.3) is 0 Å². The molecule has 3 aromatic rings. The van der Waals surface area contributed by atoms with E-state index in [1.54, 1.807) is 16.6 Å². The van der Waals surface area contributed by atoms with Crippen molar-refractivity contribution < 1.29 is 4.39 Å². The number of nitrogens with one attached hydrogen (secondary N) is 1. The third-order valence-electron chi connectivity index (χ3n) is 3.57. The lowest BCUT2D eigenvalue weighted by Gasteiger charge is -2.15. The van der Waals surface area contributed by atoms with E-state index in [1.807, 2.05) is 12.1 Å². The molecule has 3 rings (SSSR count). The summed E-state index contributed by atoms with van der Waals surface area (Å²) in [7, 11) is 0. The number of nitrogens with zero attached hydrogens (tertiary/aromatic N) is 4. The second-order valence-corrected chi connectivity index (χ2v) is 6.57. The maximum Gasteiger partial charge on any atom is 0.178 e. The van der Waals surface area contributed by atoms with Crippen LogP contribution >= 0.6 is 0 Å². The smallest absolute Gasteiger partial charge is 0.178 e. The van der Waals surface area contributed by atoms with E-state index in [9.17, 15) is 4.39 Å². The molecule has 0 aliphatic heterocycles. The third-order valence-corrected chi connectivity index (χ3v) is 3.57. The molecular weight excluding hydrogens is 293 g/mol. The average molecular weight is 313 g/mol. The van der Waals surface area contributed by atoms with Crippen LogP contribution in [0.2, 0.25) is 0 Å². The Hall–Kier alpha value is -2.50. The number of aromatic nitrogens is 4. The van der Waals surface area contributed by atoms with Gasteiger partial charge in [-0.1, -0.05) is 32.9 Å². The number of anilines is 1. The predicted molar refractivity (Wildman–Crippen MR) is 88.1 cm³/mol. The largest absolute Gasteiger partial charge is 0.368 e. The Morgan fingerprint density at radius 1 is 1.04 bits per heavy atom. The Balaban J connectivity index is 1.72. The first-order chi connectivity index (χ1) is 10.9. The standard InChI is InChI=1S/C17H20FN5/c1-17(2,3)16-21-20-15-9-8-14(22-23(15)16)19-11-10-12-4-6-13(18)7-5-12/h4-9H,10-11H2,1-3H3,(H,19,22). The van der Waals surface area contributed by atoms with Crippen LogP contribution in [-0.4, -0.2) is 26.4 Å². The first-order valence-electron chi connectivity index (χ1n) is 7.65. The van der Waals surface area contributed by atoms with Gasteiger partial charge in [0.1, 0.15) is 11.6 Å². The molecule has 0 atom stereocenters. The van der Waals surface area contributed by atoms with Gasteiger partial charge in [-0.2, -0.15) is 4.52 Å². The molecule has 0 aliphatic carbocycles. The number of benzene rings is 1. The van der Waals surface area contributed by atoms with Crippen LogP contribution in [0.1, 0.15) is 32.2 Å². The van der Waals surface area contributed by atoms with Crippen LogP contribution in [0.25, 0.3) is 5.65 Å². The number of rotatable bonds is 4. The minimum absolute atomic E-state index is 0.126. The zero-order valence-corrected chi connectivity index (χ0v) is 13.5. The summed E-state index contributed by atoms with van der Waals surface area (Å²) in [6, 6.07) is 10.3. The van der Waals surface area contributed by atoms with Crippen LogP contribution in [0, 0.1) is 5.82 Å². The fourth-order valence-corrected chi connectivity index (χ4v) is 2.34. The monoisotopic (exact) mass is 313 g/mol. The van der Waals surface area contributed by atoms with Crippen LogP contribution in [0.15, 0.2) is 36.4 Å². The predicted octanol–water partition coefficient (Wildman–Crippen LogP) is 3.22. The topological polar surface area (TPSA) is 55.1 Å². The van der Waals surface area contributed by atoms with Gasteiger partial charge in [0.15, 0.2) is 11.5 Å². The van der Waals surface area contributed by atoms with Gasteiger partial charge in [0.05, 0.1) is 0 Å². The van der Waals surface area contributed by atoms with E-state index < -0.39 is 0 Å². The van der Waals surface area contributed by atoms with Gasteiger partial charge >= 0.3 is 0 Å². The second kappa shape index (κ2) is 5.95. The Bertz CT molecular complexity index is 802. The van der Waals surface area contributed by atoms with Gasteiger partial charge in [-0.05, 0) is 36.2 Å². The summed E-state index contributed by atoms with van der Waals surface area (Å²) < 4.78 is 14.7. The number of hydrogen-bond acceptors (Lipinski definition) is 4. The Labute approximate surface area is 134 Å². The second-order valence-electron chi connectivity index (χ2n) is 6.57. The van der Waals surface area contributed by atoms with Crippen LogP contribution in [0.4, 0.5) is 10.2 Å². The van der Waals surface area contributed by atoms with Crippen molar-refractivity contribution in [1.82, 2.24) is 19.8 Å². The molecule has 1 aromatic carbocycles. The summed E-state index contributed by atoms with van der Waals surface area (Å²) >= 11 is 0. The molecular formula is C17H20FN5. The van der Waals surface area contributed by atoms with Crippen molar-refractivity contribution in [3.05, 3.63) is 53.6 Å². The molecule has 1 N–H and O–H groups in total. The summed E-state index contributed by atoms with van der Waals surface area (Å²) in [5.74, 6) is 1.38. The van der Waals surface area contributed by atoms with Crippen molar-refractivity contribution in [3.63, 3.8) is 0 Å². The van der Waals surface area contributed by atoms with Crippen LogP contribution < -0.4 is 5.32 Å². The van der Waals surface area contributed by atoms with E-state index >= 15 is 0 Å². The Morgan fingerprint density at radius 2 is 1.78 bits per heavy atom. The lowest BCUT2D eigenvalue weighted by molar-refractivity contribution is 0.527. The number of halogens is 1. The van der Waals surface area contributed by atoms with E-state index in [0.717, 1.165) is 35.8 Å². The van der Waals surface area contributed by atoms with E-state index in [1.165, 1.54) is 12.1 Å². The molecule has 5 nitrogen and oxygen atoms in total. The molecule has 0 bridgehead atoms. The summed E-state index contributed by atoms with van der Waals surface area (Å²) in [4.78, 5) is 0.